The Bertz CT molecular complexity index is 1090. The summed E-state index contributed by atoms with van der Waals surface area (Å²) in [6, 6.07) is 15.2. The molecule has 0 saturated carbocycles. The Morgan fingerprint density at radius 1 is 0.867 bits per heavy atom. The molecule has 0 saturated heterocycles. The maximum Gasteiger partial charge on any atom is 0.157 e. The fraction of sp³-hybridized carbons (Fsp3) is 0.167. The first-order valence-electron chi connectivity index (χ1n) is 9.59. The van der Waals surface area contributed by atoms with Crippen molar-refractivity contribution in [3.05, 3.63) is 82.9 Å². The number of benzene rings is 3. The summed E-state index contributed by atoms with van der Waals surface area (Å²) in [4.78, 5) is 0. The van der Waals surface area contributed by atoms with Gasteiger partial charge in [0.25, 0.3) is 0 Å². The average molecular weight is 406 g/mol. The van der Waals surface area contributed by atoms with Crippen molar-refractivity contribution >= 4 is 6.08 Å². The average Bonchev–Trinajstić information content (AvgIpc) is 2.73. The zero-order chi connectivity index (χ0) is 21.3. The first kappa shape index (κ1) is 19.7. The molecule has 6 nitrogen and oxygen atoms in total. The molecular weight excluding hydrogens is 384 g/mol. The molecule has 0 aromatic heterocycles. The number of rotatable bonds is 4. The van der Waals surface area contributed by atoms with Crippen LogP contribution in [-0.2, 0) is 12.8 Å². The molecule has 30 heavy (non-hydrogen) atoms. The Morgan fingerprint density at radius 2 is 1.63 bits per heavy atom. The van der Waals surface area contributed by atoms with Crippen molar-refractivity contribution in [1.29, 1.82) is 0 Å². The van der Waals surface area contributed by atoms with Crippen LogP contribution in [0, 0.1) is 0 Å². The third-order valence-corrected chi connectivity index (χ3v) is 5.21. The third-order valence-electron chi connectivity index (χ3n) is 5.21. The Labute approximate surface area is 173 Å². The number of hydrogen-bond acceptors (Lipinski definition) is 6. The second kappa shape index (κ2) is 8.00. The first-order chi connectivity index (χ1) is 14.4. The van der Waals surface area contributed by atoms with E-state index in [-0.39, 0.29) is 29.4 Å². The van der Waals surface area contributed by atoms with Crippen LogP contribution in [-0.4, -0.2) is 31.6 Å². The predicted octanol–water partition coefficient (Wildman–Crippen LogP) is 3.80. The maximum atomic E-state index is 10.6. The van der Waals surface area contributed by atoms with Gasteiger partial charge in [0, 0.05) is 23.6 Å². The SMILES string of the molecule is Oc1ccc(C2Oc3c(C/C=C/c4ccccc4)c(O)cc(O)c3CC2O)cc1O. The smallest absolute Gasteiger partial charge is 0.157 e. The van der Waals surface area contributed by atoms with E-state index in [2.05, 4.69) is 0 Å². The summed E-state index contributed by atoms with van der Waals surface area (Å²) in [6.45, 7) is 0. The molecule has 1 aliphatic heterocycles. The van der Waals surface area contributed by atoms with Crippen molar-refractivity contribution < 1.29 is 30.3 Å². The van der Waals surface area contributed by atoms with Crippen molar-refractivity contribution in [3.8, 4) is 28.7 Å². The highest BCUT2D eigenvalue weighted by molar-refractivity contribution is 5.60. The minimum Gasteiger partial charge on any atom is -0.507 e. The van der Waals surface area contributed by atoms with Gasteiger partial charge in [0.2, 0.25) is 0 Å². The molecule has 0 amide bonds. The van der Waals surface area contributed by atoms with E-state index in [9.17, 15) is 25.5 Å². The molecular formula is C24H22O6. The van der Waals surface area contributed by atoms with Crippen LogP contribution in [0.25, 0.3) is 6.08 Å². The molecule has 2 atom stereocenters. The van der Waals surface area contributed by atoms with Crippen molar-refractivity contribution in [2.24, 2.45) is 0 Å². The van der Waals surface area contributed by atoms with E-state index in [1.807, 2.05) is 42.5 Å². The van der Waals surface area contributed by atoms with E-state index in [0.717, 1.165) is 5.56 Å². The van der Waals surface area contributed by atoms with E-state index >= 15 is 0 Å². The van der Waals surface area contributed by atoms with Gasteiger partial charge in [-0.2, -0.15) is 0 Å². The summed E-state index contributed by atoms with van der Waals surface area (Å²) in [5, 5.41) is 50.6. The van der Waals surface area contributed by atoms with Crippen LogP contribution < -0.4 is 4.74 Å². The summed E-state index contributed by atoms with van der Waals surface area (Å²) in [5.41, 5.74) is 2.40. The molecule has 154 valence electrons. The first-order valence-corrected chi connectivity index (χ1v) is 9.59. The van der Waals surface area contributed by atoms with Gasteiger partial charge >= 0.3 is 0 Å². The standard InChI is InChI=1S/C24H22O6/c25-18-10-9-15(11-21(18)28)23-22(29)12-17-20(27)13-19(26)16(24(17)30-23)8-4-7-14-5-2-1-3-6-14/h1-7,9-11,13,22-23,25-29H,8,12H2/b7-4+. The molecule has 1 heterocycles. The number of allylic oxidation sites excluding steroid dienone is 1. The summed E-state index contributed by atoms with van der Waals surface area (Å²) in [7, 11) is 0. The molecule has 1 aliphatic rings. The highest BCUT2D eigenvalue weighted by Crippen LogP contribution is 2.46. The molecule has 3 aromatic carbocycles. The largest absolute Gasteiger partial charge is 0.507 e. The van der Waals surface area contributed by atoms with Gasteiger partial charge in [-0.3, -0.25) is 0 Å². The molecule has 6 heteroatoms. The van der Waals surface area contributed by atoms with E-state index in [1.54, 1.807) is 6.07 Å². The van der Waals surface area contributed by atoms with Crippen molar-refractivity contribution in [3.63, 3.8) is 0 Å². The number of phenolic OH excluding ortho intramolecular Hbond substituents is 4. The molecule has 0 spiro atoms. The topological polar surface area (TPSA) is 110 Å². The van der Waals surface area contributed by atoms with Crippen molar-refractivity contribution in [2.45, 2.75) is 25.0 Å². The Balaban J connectivity index is 1.68. The van der Waals surface area contributed by atoms with Crippen LogP contribution in [0.2, 0.25) is 0 Å². The Morgan fingerprint density at radius 3 is 2.37 bits per heavy atom. The fourth-order valence-corrected chi connectivity index (χ4v) is 3.66. The Kier molecular flexibility index (Phi) is 5.25. The monoisotopic (exact) mass is 406 g/mol. The van der Waals surface area contributed by atoms with Crippen LogP contribution in [0.15, 0.2) is 60.7 Å². The van der Waals surface area contributed by atoms with Gasteiger partial charge in [-0.05, 0) is 29.7 Å². The summed E-state index contributed by atoms with van der Waals surface area (Å²) < 4.78 is 6.02. The number of hydrogen-bond donors (Lipinski definition) is 5. The molecule has 3 aromatic rings. The normalized spacial score (nSPS) is 18.2. The van der Waals surface area contributed by atoms with Crippen LogP contribution in [0.4, 0.5) is 0 Å². The van der Waals surface area contributed by atoms with E-state index < -0.39 is 12.2 Å². The molecule has 4 rings (SSSR count). The maximum absolute atomic E-state index is 10.6. The van der Waals surface area contributed by atoms with Gasteiger partial charge in [0.1, 0.15) is 23.4 Å². The highest BCUT2D eigenvalue weighted by atomic mass is 16.5. The van der Waals surface area contributed by atoms with Crippen LogP contribution in [0.3, 0.4) is 0 Å². The van der Waals surface area contributed by atoms with Crippen LogP contribution in [0.1, 0.15) is 28.4 Å². The lowest BCUT2D eigenvalue weighted by Gasteiger charge is -2.33. The lowest BCUT2D eigenvalue weighted by Crippen LogP contribution is -2.31. The highest BCUT2D eigenvalue weighted by Gasteiger charge is 2.34. The van der Waals surface area contributed by atoms with E-state index in [0.29, 0.717) is 28.9 Å². The quantitative estimate of drug-likeness (QED) is 0.422. The molecule has 0 fully saturated rings. The van der Waals surface area contributed by atoms with Gasteiger partial charge in [-0.1, -0.05) is 48.6 Å². The summed E-state index contributed by atoms with van der Waals surface area (Å²) >= 11 is 0. The number of aliphatic hydroxyl groups is 1. The predicted molar refractivity (Wildman–Crippen MR) is 112 cm³/mol. The molecule has 0 aliphatic carbocycles. The van der Waals surface area contributed by atoms with Crippen molar-refractivity contribution in [2.75, 3.05) is 0 Å². The van der Waals surface area contributed by atoms with Crippen molar-refractivity contribution in [1.82, 2.24) is 0 Å². The van der Waals surface area contributed by atoms with Gasteiger partial charge < -0.3 is 30.3 Å². The number of aliphatic hydroxyl groups excluding tert-OH is 1. The Hall–Kier alpha value is -3.64. The van der Waals surface area contributed by atoms with E-state index in [4.69, 9.17) is 4.74 Å². The van der Waals surface area contributed by atoms with Gasteiger partial charge in [-0.15, -0.1) is 0 Å². The number of fused-ring (bicyclic) bond motifs is 1. The summed E-state index contributed by atoms with van der Waals surface area (Å²) in [6.07, 6.45) is 2.46. The lowest BCUT2D eigenvalue weighted by molar-refractivity contribution is 0.0190. The van der Waals surface area contributed by atoms with Gasteiger partial charge in [0.15, 0.2) is 11.5 Å². The zero-order valence-corrected chi connectivity index (χ0v) is 16.1. The number of phenols is 4. The minimum absolute atomic E-state index is 0.104. The van der Waals surface area contributed by atoms with Gasteiger partial charge in [-0.25, -0.2) is 0 Å². The summed E-state index contributed by atoms with van der Waals surface area (Å²) in [5.74, 6) is -0.532. The lowest BCUT2D eigenvalue weighted by atomic mass is 9.91. The van der Waals surface area contributed by atoms with E-state index in [1.165, 1.54) is 18.2 Å². The molecule has 0 bridgehead atoms. The molecule has 2 unspecified atom stereocenters. The fourth-order valence-electron chi connectivity index (χ4n) is 3.66. The van der Waals surface area contributed by atoms with Gasteiger partial charge in [0.05, 0.1) is 6.10 Å². The second-order valence-corrected chi connectivity index (χ2v) is 7.28. The third kappa shape index (κ3) is 3.77. The minimum atomic E-state index is -0.982. The molecule has 5 N–H and O–H groups in total. The number of aromatic hydroxyl groups is 4. The number of ether oxygens (including phenoxy) is 1. The zero-order valence-electron chi connectivity index (χ0n) is 16.1. The van der Waals surface area contributed by atoms with Crippen LogP contribution in [0.5, 0.6) is 28.7 Å². The van der Waals surface area contributed by atoms with Crippen LogP contribution >= 0.6 is 0 Å². The second-order valence-electron chi connectivity index (χ2n) is 7.28. The molecule has 0 radical (unpaired) electrons.